The van der Waals surface area contributed by atoms with Gasteiger partial charge in [-0.1, -0.05) is 42.0 Å². The minimum absolute atomic E-state index is 0.257. The molecule has 0 saturated carbocycles. The van der Waals surface area contributed by atoms with E-state index in [-0.39, 0.29) is 11.8 Å². The van der Waals surface area contributed by atoms with Gasteiger partial charge in [-0.3, -0.25) is 14.5 Å². The number of aryl methyl sites for hydroxylation is 2. The topological polar surface area (TPSA) is 103 Å². The predicted octanol–water partition coefficient (Wildman–Crippen LogP) is 4.49. The molecule has 10 heteroatoms. The van der Waals surface area contributed by atoms with E-state index in [1.165, 1.54) is 11.3 Å². The first-order valence-electron chi connectivity index (χ1n) is 13.1. The summed E-state index contributed by atoms with van der Waals surface area (Å²) in [7, 11) is 0. The number of carbonyl (C=O) groups is 2. The van der Waals surface area contributed by atoms with Crippen molar-refractivity contribution in [1.29, 1.82) is 0 Å². The van der Waals surface area contributed by atoms with Crippen molar-refractivity contribution in [3.63, 3.8) is 0 Å². The Bertz CT molecular complexity index is 1490. The molecule has 0 aliphatic carbocycles. The molecule has 40 heavy (non-hydrogen) atoms. The molecule has 2 N–H and O–H groups in total. The molecule has 3 heterocycles. The molecule has 0 atom stereocenters. The SMILES string of the molecule is Cc1ccc(/C=N/NC(=O)c2c(C)csc2NC(=O)c2cccc(CN3CCN(c4ncccn4)CC3)c2)cc1. The van der Waals surface area contributed by atoms with Crippen LogP contribution in [0.15, 0.2) is 77.5 Å². The summed E-state index contributed by atoms with van der Waals surface area (Å²) in [6.45, 7) is 8.06. The van der Waals surface area contributed by atoms with Gasteiger partial charge in [0.1, 0.15) is 5.00 Å². The van der Waals surface area contributed by atoms with Crippen LogP contribution in [0.25, 0.3) is 0 Å². The Balaban J connectivity index is 1.18. The molecular formula is C30H31N7O2S. The van der Waals surface area contributed by atoms with E-state index in [0.717, 1.165) is 60.9 Å². The van der Waals surface area contributed by atoms with E-state index in [9.17, 15) is 9.59 Å². The number of hydrogen-bond donors (Lipinski definition) is 2. The molecule has 5 rings (SSSR count). The standard InChI is InChI=1S/C30H31N7O2S/c1-21-7-9-23(10-8-21)18-33-35-28(39)26-22(2)20-40-29(26)34-27(38)25-6-3-5-24(17-25)19-36-13-15-37(16-14-36)30-31-11-4-12-32-30/h3-12,17-18,20H,13-16,19H2,1-2H3,(H,34,38)(H,35,39)/b33-18+. The van der Waals surface area contributed by atoms with E-state index >= 15 is 0 Å². The molecule has 9 nitrogen and oxygen atoms in total. The van der Waals surface area contributed by atoms with Crippen LogP contribution in [0.1, 0.15) is 43.0 Å². The van der Waals surface area contributed by atoms with Gasteiger partial charge in [0.05, 0.1) is 11.8 Å². The Hall–Kier alpha value is -4.41. The van der Waals surface area contributed by atoms with Crippen molar-refractivity contribution in [3.05, 3.63) is 106 Å². The second-order valence-corrected chi connectivity index (χ2v) is 10.6. The number of hydrazone groups is 1. The number of amides is 2. The van der Waals surface area contributed by atoms with Gasteiger partial charge in [0.2, 0.25) is 5.95 Å². The molecule has 2 aromatic heterocycles. The van der Waals surface area contributed by atoms with E-state index in [1.807, 2.05) is 67.8 Å². The molecule has 0 radical (unpaired) electrons. The summed E-state index contributed by atoms with van der Waals surface area (Å²) < 4.78 is 0. The van der Waals surface area contributed by atoms with Crippen LogP contribution in [0.2, 0.25) is 0 Å². The lowest BCUT2D eigenvalue weighted by molar-refractivity contribution is 0.0956. The maximum atomic E-state index is 13.2. The number of benzene rings is 2. The fourth-order valence-electron chi connectivity index (χ4n) is 4.50. The third-order valence-electron chi connectivity index (χ3n) is 6.69. The molecule has 0 bridgehead atoms. The average Bonchev–Trinajstić information content (AvgIpc) is 3.34. The summed E-state index contributed by atoms with van der Waals surface area (Å²) in [5.41, 5.74) is 7.40. The highest BCUT2D eigenvalue weighted by atomic mass is 32.1. The largest absolute Gasteiger partial charge is 0.338 e. The highest BCUT2D eigenvalue weighted by Gasteiger charge is 2.21. The van der Waals surface area contributed by atoms with Gasteiger partial charge in [-0.2, -0.15) is 5.10 Å². The summed E-state index contributed by atoms with van der Waals surface area (Å²) >= 11 is 1.32. The molecule has 1 aliphatic rings. The van der Waals surface area contributed by atoms with Crippen molar-refractivity contribution in [2.24, 2.45) is 5.10 Å². The number of nitrogens with one attached hydrogen (secondary N) is 2. The fraction of sp³-hybridized carbons (Fsp3) is 0.233. The Kier molecular flexibility index (Phi) is 8.58. The summed E-state index contributed by atoms with van der Waals surface area (Å²) in [5.74, 6) is 0.133. The van der Waals surface area contributed by atoms with Crippen molar-refractivity contribution in [2.75, 3.05) is 36.4 Å². The molecule has 2 aromatic carbocycles. The second-order valence-electron chi connectivity index (χ2n) is 9.70. The summed E-state index contributed by atoms with van der Waals surface area (Å²) in [6.07, 6.45) is 5.12. The zero-order valence-corrected chi connectivity index (χ0v) is 23.3. The van der Waals surface area contributed by atoms with Gasteiger partial charge in [-0.15, -0.1) is 11.3 Å². The number of carbonyl (C=O) groups excluding carboxylic acids is 2. The molecule has 4 aromatic rings. The van der Waals surface area contributed by atoms with E-state index in [1.54, 1.807) is 24.7 Å². The summed E-state index contributed by atoms with van der Waals surface area (Å²) in [4.78, 5) is 39.3. The lowest BCUT2D eigenvalue weighted by Gasteiger charge is -2.34. The van der Waals surface area contributed by atoms with Crippen LogP contribution >= 0.6 is 11.3 Å². The molecule has 0 unspecified atom stereocenters. The van der Waals surface area contributed by atoms with E-state index in [0.29, 0.717) is 16.1 Å². The number of piperazine rings is 1. The van der Waals surface area contributed by atoms with Crippen molar-refractivity contribution in [1.82, 2.24) is 20.3 Å². The van der Waals surface area contributed by atoms with Crippen LogP contribution < -0.4 is 15.6 Å². The van der Waals surface area contributed by atoms with Crippen LogP contribution in [0.4, 0.5) is 10.9 Å². The number of nitrogens with zero attached hydrogens (tertiary/aromatic N) is 5. The van der Waals surface area contributed by atoms with Gasteiger partial charge in [0.15, 0.2) is 0 Å². The van der Waals surface area contributed by atoms with Crippen LogP contribution in [0, 0.1) is 13.8 Å². The quantitative estimate of drug-likeness (QED) is 0.246. The third kappa shape index (κ3) is 6.77. The molecule has 204 valence electrons. The minimum Gasteiger partial charge on any atom is -0.338 e. The molecular weight excluding hydrogens is 522 g/mol. The Morgan fingerprint density at radius 3 is 2.48 bits per heavy atom. The highest BCUT2D eigenvalue weighted by Crippen LogP contribution is 2.28. The van der Waals surface area contributed by atoms with E-state index in [2.05, 4.69) is 35.6 Å². The number of rotatable bonds is 8. The first kappa shape index (κ1) is 27.2. The summed E-state index contributed by atoms with van der Waals surface area (Å²) in [6, 6.07) is 17.3. The van der Waals surface area contributed by atoms with Gasteiger partial charge in [0.25, 0.3) is 11.8 Å². The highest BCUT2D eigenvalue weighted by molar-refractivity contribution is 7.15. The van der Waals surface area contributed by atoms with Gasteiger partial charge in [-0.25, -0.2) is 15.4 Å². The van der Waals surface area contributed by atoms with Crippen LogP contribution in [0.5, 0.6) is 0 Å². The van der Waals surface area contributed by atoms with Crippen molar-refractivity contribution in [2.45, 2.75) is 20.4 Å². The van der Waals surface area contributed by atoms with Crippen molar-refractivity contribution in [3.8, 4) is 0 Å². The van der Waals surface area contributed by atoms with Gasteiger partial charge < -0.3 is 10.2 Å². The van der Waals surface area contributed by atoms with E-state index < -0.39 is 0 Å². The number of hydrogen-bond acceptors (Lipinski definition) is 8. The maximum Gasteiger partial charge on any atom is 0.274 e. The molecule has 1 fully saturated rings. The number of anilines is 2. The molecule has 1 aliphatic heterocycles. The predicted molar refractivity (Wildman–Crippen MR) is 159 cm³/mol. The Labute approximate surface area is 237 Å². The lowest BCUT2D eigenvalue weighted by Crippen LogP contribution is -2.46. The van der Waals surface area contributed by atoms with Crippen LogP contribution in [0.3, 0.4) is 0 Å². The average molecular weight is 554 g/mol. The first-order valence-corrected chi connectivity index (χ1v) is 14.0. The maximum absolute atomic E-state index is 13.2. The van der Waals surface area contributed by atoms with E-state index in [4.69, 9.17) is 0 Å². The Morgan fingerprint density at radius 1 is 0.975 bits per heavy atom. The zero-order chi connectivity index (χ0) is 27.9. The van der Waals surface area contributed by atoms with Crippen LogP contribution in [-0.4, -0.2) is 59.1 Å². The normalized spacial score (nSPS) is 13.9. The van der Waals surface area contributed by atoms with Gasteiger partial charge in [0, 0.05) is 50.7 Å². The smallest absolute Gasteiger partial charge is 0.274 e. The minimum atomic E-state index is -0.369. The molecule has 1 saturated heterocycles. The monoisotopic (exact) mass is 553 g/mol. The lowest BCUT2D eigenvalue weighted by atomic mass is 10.1. The van der Waals surface area contributed by atoms with Gasteiger partial charge >= 0.3 is 0 Å². The first-order chi connectivity index (χ1) is 19.5. The third-order valence-corrected chi connectivity index (χ3v) is 7.70. The number of thiophene rings is 1. The zero-order valence-electron chi connectivity index (χ0n) is 22.5. The fourth-order valence-corrected chi connectivity index (χ4v) is 5.43. The van der Waals surface area contributed by atoms with Gasteiger partial charge in [-0.05, 0) is 54.1 Å². The van der Waals surface area contributed by atoms with Crippen molar-refractivity contribution < 1.29 is 9.59 Å². The van der Waals surface area contributed by atoms with Crippen LogP contribution in [-0.2, 0) is 6.54 Å². The molecule has 0 spiro atoms. The van der Waals surface area contributed by atoms with Crippen molar-refractivity contribution >= 4 is 40.3 Å². The summed E-state index contributed by atoms with van der Waals surface area (Å²) in [5, 5.41) is 9.37. The Morgan fingerprint density at radius 2 is 1.73 bits per heavy atom. The molecule has 2 amide bonds. The second kappa shape index (κ2) is 12.6. The number of aromatic nitrogens is 2.